The van der Waals surface area contributed by atoms with E-state index in [0.29, 0.717) is 36.4 Å². The first-order valence-corrected chi connectivity index (χ1v) is 9.80. The second-order valence-corrected chi connectivity index (χ2v) is 7.76. The smallest absolute Gasteiger partial charge is 0.313 e. The Morgan fingerprint density at radius 1 is 1.30 bits per heavy atom. The number of nitrogens with zero attached hydrogens (tertiary/aromatic N) is 2. The molecule has 0 radical (unpaired) electrons. The van der Waals surface area contributed by atoms with Crippen molar-refractivity contribution in [2.45, 2.75) is 25.4 Å². The Balaban J connectivity index is 1.71. The van der Waals surface area contributed by atoms with Crippen LogP contribution in [0.25, 0.3) is 0 Å². The summed E-state index contributed by atoms with van der Waals surface area (Å²) in [7, 11) is 0. The van der Waals surface area contributed by atoms with Crippen molar-refractivity contribution in [3.8, 4) is 0 Å². The molecule has 0 saturated carbocycles. The minimum atomic E-state index is -0.900. The van der Waals surface area contributed by atoms with Crippen LogP contribution in [0.3, 0.4) is 0 Å². The molecule has 3 rings (SSSR count). The predicted molar refractivity (Wildman–Crippen MR) is 101 cm³/mol. The van der Waals surface area contributed by atoms with Crippen LogP contribution in [0, 0.1) is 0 Å². The topological polar surface area (TPSA) is 107 Å². The van der Waals surface area contributed by atoms with Crippen LogP contribution in [0.1, 0.15) is 30.1 Å². The predicted octanol–water partition coefficient (Wildman–Crippen LogP) is 0.919. The number of para-hydroxylation sites is 1. The van der Waals surface area contributed by atoms with E-state index in [9.17, 15) is 19.2 Å². The molecular formula is C18H21N3O5S. The zero-order valence-electron chi connectivity index (χ0n) is 14.9. The summed E-state index contributed by atoms with van der Waals surface area (Å²) in [5.41, 5.74) is 0.141. The summed E-state index contributed by atoms with van der Waals surface area (Å²) in [4.78, 5) is 51.4. The van der Waals surface area contributed by atoms with Gasteiger partial charge in [-0.1, -0.05) is 12.1 Å². The minimum absolute atomic E-state index is 0.0214. The number of carbonyl (C=O) groups is 4. The third-order valence-electron chi connectivity index (χ3n) is 4.84. The summed E-state index contributed by atoms with van der Waals surface area (Å²) in [6, 6.07) is 6.94. The average molecular weight is 391 g/mol. The van der Waals surface area contributed by atoms with Crippen molar-refractivity contribution >= 4 is 41.1 Å². The summed E-state index contributed by atoms with van der Waals surface area (Å²) >= 11 is 1.21. The molecule has 2 aliphatic heterocycles. The molecule has 2 heterocycles. The van der Waals surface area contributed by atoms with Gasteiger partial charge in [0.15, 0.2) is 0 Å². The maximum absolute atomic E-state index is 13.0. The van der Waals surface area contributed by atoms with Gasteiger partial charge >= 0.3 is 5.97 Å². The van der Waals surface area contributed by atoms with Crippen molar-refractivity contribution in [3.05, 3.63) is 29.8 Å². The van der Waals surface area contributed by atoms with Gasteiger partial charge in [0, 0.05) is 18.7 Å². The highest BCUT2D eigenvalue weighted by Crippen LogP contribution is 2.43. The number of amides is 3. The summed E-state index contributed by atoms with van der Waals surface area (Å²) in [5.74, 6) is -1.12. The number of hydrogen-bond acceptors (Lipinski definition) is 5. The molecular weight excluding hydrogens is 370 g/mol. The van der Waals surface area contributed by atoms with Gasteiger partial charge in [-0.25, -0.2) is 0 Å². The zero-order valence-corrected chi connectivity index (χ0v) is 15.8. The number of carboxylic acids is 1. The lowest BCUT2D eigenvalue weighted by Crippen LogP contribution is -2.63. The Bertz CT molecular complexity index is 799. The van der Waals surface area contributed by atoms with E-state index >= 15 is 0 Å². The number of fused-ring (bicyclic) bond motifs is 3. The fourth-order valence-electron chi connectivity index (χ4n) is 3.56. The van der Waals surface area contributed by atoms with Crippen molar-refractivity contribution < 1.29 is 24.3 Å². The summed E-state index contributed by atoms with van der Waals surface area (Å²) in [6.07, 6.45) is 0.787. The molecule has 144 valence electrons. The van der Waals surface area contributed by atoms with E-state index in [-0.39, 0.29) is 30.0 Å². The van der Waals surface area contributed by atoms with Gasteiger partial charge in [0.05, 0.1) is 17.0 Å². The number of nitrogens with one attached hydrogen (secondary N) is 1. The quantitative estimate of drug-likeness (QED) is 0.670. The number of carboxylic acid groups (broad SMARTS) is 1. The highest BCUT2D eigenvalue weighted by atomic mass is 32.2. The standard InChI is InChI=1S/C18H21N3O5S/c1-18-7-6-15(23)21(18)13-5-3-2-4-12(13)17(26)20(18)10-14(22)19-8-9-27-11-16(24)25/h2-5H,6-11H2,1H3,(H,19,22)(H,24,25). The van der Waals surface area contributed by atoms with Crippen LogP contribution in [-0.4, -0.2) is 64.0 Å². The van der Waals surface area contributed by atoms with Gasteiger partial charge in [0.2, 0.25) is 11.8 Å². The first-order chi connectivity index (χ1) is 12.8. The third kappa shape index (κ3) is 3.64. The van der Waals surface area contributed by atoms with Gasteiger partial charge in [0.25, 0.3) is 5.91 Å². The van der Waals surface area contributed by atoms with E-state index in [2.05, 4.69) is 5.32 Å². The maximum Gasteiger partial charge on any atom is 0.313 e. The van der Waals surface area contributed by atoms with Gasteiger partial charge in [-0.3, -0.25) is 24.1 Å². The van der Waals surface area contributed by atoms with Gasteiger partial charge < -0.3 is 15.3 Å². The molecule has 1 aromatic rings. The number of anilines is 1. The second kappa shape index (κ2) is 7.59. The summed E-state index contributed by atoms with van der Waals surface area (Å²) in [6.45, 7) is 1.97. The van der Waals surface area contributed by atoms with E-state index in [1.54, 1.807) is 29.2 Å². The van der Waals surface area contributed by atoms with Crippen molar-refractivity contribution in [1.82, 2.24) is 10.2 Å². The van der Waals surface area contributed by atoms with Gasteiger partial charge in [0.1, 0.15) is 12.2 Å². The summed E-state index contributed by atoms with van der Waals surface area (Å²) < 4.78 is 0. The molecule has 1 unspecified atom stereocenters. The molecule has 1 saturated heterocycles. The number of hydrogen-bond donors (Lipinski definition) is 2. The first-order valence-electron chi connectivity index (χ1n) is 8.65. The Labute approximate surface area is 160 Å². The molecule has 3 amide bonds. The van der Waals surface area contributed by atoms with Crippen LogP contribution in [-0.2, 0) is 14.4 Å². The monoisotopic (exact) mass is 391 g/mol. The third-order valence-corrected chi connectivity index (χ3v) is 5.79. The minimum Gasteiger partial charge on any atom is -0.481 e. The lowest BCUT2D eigenvalue weighted by molar-refractivity contribution is -0.134. The zero-order chi connectivity index (χ0) is 19.6. The molecule has 0 aromatic heterocycles. The molecule has 1 aromatic carbocycles. The van der Waals surface area contributed by atoms with Crippen molar-refractivity contribution in [3.63, 3.8) is 0 Å². The van der Waals surface area contributed by atoms with E-state index in [1.165, 1.54) is 16.7 Å². The SMILES string of the molecule is CC12CCC(=O)N1c1ccccc1C(=O)N2CC(=O)NCCSCC(=O)O. The summed E-state index contributed by atoms with van der Waals surface area (Å²) in [5, 5.41) is 11.3. The lowest BCUT2D eigenvalue weighted by atomic mass is 9.98. The van der Waals surface area contributed by atoms with Crippen LogP contribution >= 0.6 is 11.8 Å². The van der Waals surface area contributed by atoms with Crippen LogP contribution < -0.4 is 10.2 Å². The lowest BCUT2D eigenvalue weighted by Gasteiger charge is -2.48. The molecule has 0 spiro atoms. The number of carbonyl (C=O) groups excluding carboxylic acids is 3. The van der Waals surface area contributed by atoms with Gasteiger partial charge in [-0.15, -0.1) is 11.8 Å². The Morgan fingerprint density at radius 3 is 2.78 bits per heavy atom. The van der Waals surface area contributed by atoms with Crippen LogP contribution in [0.2, 0.25) is 0 Å². The molecule has 8 nitrogen and oxygen atoms in total. The Morgan fingerprint density at radius 2 is 2.04 bits per heavy atom. The van der Waals surface area contributed by atoms with E-state index in [1.807, 2.05) is 6.92 Å². The molecule has 2 aliphatic rings. The second-order valence-electron chi connectivity index (χ2n) is 6.65. The first kappa shape index (κ1) is 19.2. The average Bonchev–Trinajstić information content (AvgIpc) is 2.94. The van der Waals surface area contributed by atoms with Crippen molar-refractivity contribution in [2.75, 3.05) is 29.5 Å². The number of benzene rings is 1. The fourth-order valence-corrected chi connectivity index (χ4v) is 4.13. The number of rotatable bonds is 7. The molecule has 9 heteroatoms. The fraction of sp³-hybridized carbons (Fsp3) is 0.444. The van der Waals surface area contributed by atoms with E-state index in [0.717, 1.165) is 0 Å². The van der Waals surface area contributed by atoms with E-state index in [4.69, 9.17) is 5.11 Å². The van der Waals surface area contributed by atoms with Crippen LogP contribution in [0.5, 0.6) is 0 Å². The molecule has 0 bridgehead atoms. The highest BCUT2D eigenvalue weighted by Gasteiger charge is 2.53. The molecule has 2 N–H and O–H groups in total. The Kier molecular flexibility index (Phi) is 5.41. The highest BCUT2D eigenvalue weighted by molar-refractivity contribution is 7.99. The number of aliphatic carboxylic acids is 1. The molecule has 1 atom stereocenters. The Hall–Kier alpha value is -2.55. The number of thioether (sulfide) groups is 1. The van der Waals surface area contributed by atoms with Crippen molar-refractivity contribution in [2.24, 2.45) is 0 Å². The molecule has 27 heavy (non-hydrogen) atoms. The normalized spacial score (nSPS) is 21.1. The van der Waals surface area contributed by atoms with Crippen LogP contribution in [0.15, 0.2) is 24.3 Å². The van der Waals surface area contributed by atoms with Gasteiger partial charge in [-0.05, 0) is 25.5 Å². The molecule has 0 aliphatic carbocycles. The largest absolute Gasteiger partial charge is 0.481 e. The van der Waals surface area contributed by atoms with Crippen molar-refractivity contribution in [1.29, 1.82) is 0 Å². The van der Waals surface area contributed by atoms with Gasteiger partial charge in [-0.2, -0.15) is 0 Å². The van der Waals surface area contributed by atoms with Crippen LogP contribution in [0.4, 0.5) is 5.69 Å². The van der Waals surface area contributed by atoms with E-state index < -0.39 is 11.6 Å². The molecule has 1 fully saturated rings. The maximum atomic E-state index is 13.0.